The molecule has 6 nitrogen and oxygen atoms in total. The number of nitrogens with zero attached hydrogens (tertiary/aromatic N) is 2. The summed E-state index contributed by atoms with van der Waals surface area (Å²) in [5.41, 5.74) is 0.486. The summed E-state index contributed by atoms with van der Waals surface area (Å²) in [6.45, 7) is 6.86. The van der Waals surface area contributed by atoms with Gasteiger partial charge < -0.3 is 4.90 Å². The van der Waals surface area contributed by atoms with Crippen LogP contribution in [0.5, 0.6) is 0 Å². The largest absolute Gasteiger partial charge is 0.340 e. The van der Waals surface area contributed by atoms with Gasteiger partial charge in [-0.3, -0.25) is 9.59 Å². The number of rotatable bonds is 6. The second-order valence-electron chi connectivity index (χ2n) is 6.32. The number of carbonyl (C=O) groups is 2. The summed E-state index contributed by atoms with van der Waals surface area (Å²) in [6, 6.07) is 5.99. The van der Waals surface area contributed by atoms with Gasteiger partial charge >= 0.3 is 0 Å². The molecule has 1 saturated heterocycles. The molecule has 25 heavy (non-hydrogen) atoms. The van der Waals surface area contributed by atoms with E-state index in [1.807, 2.05) is 13.8 Å². The monoisotopic (exact) mass is 366 g/mol. The minimum Gasteiger partial charge on any atom is -0.340 e. The van der Waals surface area contributed by atoms with Gasteiger partial charge in [0.25, 0.3) is 0 Å². The van der Waals surface area contributed by atoms with Gasteiger partial charge in [0.2, 0.25) is 15.9 Å². The number of piperazine rings is 1. The molecule has 1 aliphatic heterocycles. The summed E-state index contributed by atoms with van der Waals surface area (Å²) in [6.07, 6.45) is 1.60. The zero-order valence-electron chi connectivity index (χ0n) is 15.1. The fourth-order valence-electron chi connectivity index (χ4n) is 3.06. The molecule has 0 bridgehead atoms. The molecule has 0 atom stereocenters. The van der Waals surface area contributed by atoms with Gasteiger partial charge in [-0.15, -0.1) is 0 Å². The molecule has 1 aromatic carbocycles. The number of ketones is 1. The van der Waals surface area contributed by atoms with E-state index in [1.165, 1.54) is 35.5 Å². The minimum absolute atomic E-state index is 0.0160. The third-order valence-corrected chi connectivity index (χ3v) is 6.70. The number of Topliss-reactive ketones (excluding diaryl/α,β-unsaturated/α-hetero) is 1. The van der Waals surface area contributed by atoms with Crippen molar-refractivity contribution >= 4 is 21.7 Å². The van der Waals surface area contributed by atoms with Gasteiger partial charge in [0.15, 0.2) is 5.78 Å². The summed E-state index contributed by atoms with van der Waals surface area (Å²) >= 11 is 0. The van der Waals surface area contributed by atoms with Crippen molar-refractivity contribution in [3.05, 3.63) is 29.8 Å². The van der Waals surface area contributed by atoms with E-state index < -0.39 is 10.0 Å². The molecule has 1 heterocycles. The maximum Gasteiger partial charge on any atom is 0.243 e. The van der Waals surface area contributed by atoms with E-state index in [2.05, 4.69) is 0 Å². The molecule has 0 spiro atoms. The van der Waals surface area contributed by atoms with Crippen molar-refractivity contribution in [3.63, 3.8) is 0 Å². The van der Waals surface area contributed by atoms with Crippen molar-refractivity contribution in [1.29, 1.82) is 0 Å². The van der Waals surface area contributed by atoms with Gasteiger partial charge in [-0.25, -0.2) is 8.42 Å². The number of amides is 1. The molecule has 2 rings (SSSR count). The molecular formula is C18H26N2O4S. The molecule has 0 N–H and O–H groups in total. The second kappa shape index (κ2) is 8.10. The van der Waals surface area contributed by atoms with Gasteiger partial charge in [0, 0.05) is 37.7 Å². The van der Waals surface area contributed by atoms with E-state index >= 15 is 0 Å². The van der Waals surface area contributed by atoms with Crippen LogP contribution in [0.2, 0.25) is 0 Å². The van der Waals surface area contributed by atoms with Crippen molar-refractivity contribution in [1.82, 2.24) is 9.21 Å². The lowest BCUT2D eigenvalue weighted by Crippen LogP contribution is -2.51. The summed E-state index contributed by atoms with van der Waals surface area (Å²) in [5, 5.41) is 0. The van der Waals surface area contributed by atoms with Gasteiger partial charge in [-0.05, 0) is 31.9 Å². The van der Waals surface area contributed by atoms with Crippen molar-refractivity contribution < 1.29 is 18.0 Å². The second-order valence-corrected chi connectivity index (χ2v) is 8.26. The average Bonchev–Trinajstić information content (AvgIpc) is 2.62. The molecule has 1 aliphatic rings. The Morgan fingerprint density at radius 3 is 1.96 bits per heavy atom. The Bertz CT molecular complexity index is 716. The van der Waals surface area contributed by atoms with Crippen LogP contribution in [0, 0.1) is 5.92 Å². The standard InChI is InChI=1S/C18H26N2O4S/c1-4-15(5-2)18(22)19-10-12-20(13-11-19)25(23,24)17-8-6-16(7-9-17)14(3)21/h6-9,15H,4-5,10-13H2,1-3H3. The first-order valence-electron chi connectivity index (χ1n) is 8.71. The van der Waals surface area contributed by atoms with Crippen LogP contribution in [-0.2, 0) is 14.8 Å². The third kappa shape index (κ3) is 4.27. The molecule has 0 unspecified atom stereocenters. The van der Waals surface area contributed by atoms with Gasteiger partial charge in [-0.1, -0.05) is 26.0 Å². The summed E-state index contributed by atoms with van der Waals surface area (Å²) in [5.74, 6) is 0.0348. The van der Waals surface area contributed by atoms with E-state index in [-0.39, 0.29) is 22.5 Å². The molecule has 0 radical (unpaired) electrons. The maximum absolute atomic E-state index is 12.7. The van der Waals surface area contributed by atoms with Gasteiger partial charge in [0.1, 0.15) is 0 Å². The minimum atomic E-state index is -3.60. The molecular weight excluding hydrogens is 340 g/mol. The number of hydrogen-bond acceptors (Lipinski definition) is 4. The fourth-order valence-corrected chi connectivity index (χ4v) is 4.48. The third-order valence-electron chi connectivity index (χ3n) is 4.78. The summed E-state index contributed by atoms with van der Waals surface area (Å²) in [4.78, 5) is 25.7. The molecule has 1 aromatic rings. The average molecular weight is 366 g/mol. The van der Waals surface area contributed by atoms with Crippen molar-refractivity contribution in [2.75, 3.05) is 26.2 Å². The summed E-state index contributed by atoms with van der Waals surface area (Å²) < 4.78 is 26.9. The maximum atomic E-state index is 12.7. The Labute approximate surface area is 149 Å². The Morgan fingerprint density at radius 1 is 1.00 bits per heavy atom. The van der Waals surface area contributed by atoms with Crippen LogP contribution >= 0.6 is 0 Å². The molecule has 138 valence electrons. The van der Waals surface area contributed by atoms with Crippen LogP contribution in [0.15, 0.2) is 29.2 Å². The molecule has 7 heteroatoms. The highest BCUT2D eigenvalue weighted by atomic mass is 32.2. The molecule has 0 saturated carbocycles. The predicted molar refractivity (Wildman–Crippen MR) is 95.9 cm³/mol. The number of hydrogen-bond donors (Lipinski definition) is 0. The van der Waals surface area contributed by atoms with E-state index in [9.17, 15) is 18.0 Å². The van der Waals surface area contributed by atoms with Crippen LogP contribution in [-0.4, -0.2) is 55.5 Å². The SMILES string of the molecule is CCC(CC)C(=O)N1CCN(S(=O)(=O)c2ccc(C(C)=O)cc2)CC1. The zero-order chi connectivity index (χ0) is 18.6. The van der Waals surface area contributed by atoms with Gasteiger partial charge in [-0.2, -0.15) is 4.31 Å². The van der Waals surface area contributed by atoms with Crippen LogP contribution in [0.4, 0.5) is 0 Å². The Hall–Kier alpha value is -1.73. The van der Waals surface area contributed by atoms with Crippen molar-refractivity contribution in [2.45, 2.75) is 38.5 Å². The van der Waals surface area contributed by atoms with Crippen molar-refractivity contribution in [3.8, 4) is 0 Å². The van der Waals surface area contributed by atoms with Crippen LogP contribution < -0.4 is 0 Å². The quantitative estimate of drug-likeness (QED) is 0.723. The smallest absolute Gasteiger partial charge is 0.243 e. The Balaban J connectivity index is 2.06. The first-order valence-corrected chi connectivity index (χ1v) is 10.1. The molecule has 1 fully saturated rings. The Morgan fingerprint density at radius 2 is 1.52 bits per heavy atom. The van der Waals surface area contributed by atoms with E-state index in [0.29, 0.717) is 31.7 Å². The molecule has 1 amide bonds. The van der Waals surface area contributed by atoms with Crippen LogP contribution in [0.25, 0.3) is 0 Å². The fraction of sp³-hybridized carbons (Fsp3) is 0.556. The number of sulfonamides is 1. The van der Waals surface area contributed by atoms with Crippen molar-refractivity contribution in [2.24, 2.45) is 5.92 Å². The van der Waals surface area contributed by atoms with E-state index in [4.69, 9.17) is 0 Å². The summed E-state index contributed by atoms with van der Waals surface area (Å²) in [7, 11) is -3.60. The first-order chi connectivity index (χ1) is 11.8. The highest BCUT2D eigenvalue weighted by Crippen LogP contribution is 2.20. The van der Waals surface area contributed by atoms with E-state index in [1.54, 1.807) is 4.90 Å². The lowest BCUT2D eigenvalue weighted by molar-refractivity contribution is -0.136. The van der Waals surface area contributed by atoms with Crippen LogP contribution in [0.3, 0.4) is 0 Å². The predicted octanol–water partition coefficient (Wildman–Crippen LogP) is 2.16. The Kier molecular flexibility index (Phi) is 6.35. The number of carbonyl (C=O) groups excluding carboxylic acids is 2. The van der Waals surface area contributed by atoms with Crippen LogP contribution in [0.1, 0.15) is 44.0 Å². The lowest BCUT2D eigenvalue weighted by Gasteiger charge is -2.35. The van der Waals surface area contributed by atoms with Gasteiger partial charge in [0.05, 0.1) is 4.90 Å². The highest BCUT2D eigenvalue weighted by molar-refractivity contribution is 7.89. The zero-order valence-corrected chi connectivity index (χ0v) is 15.9. The lowest BCUT2D eigenvalue weighted by atomic mass is 10.0. The molecule has 0 aromatic heterocycles. The highest BCUT2D eigenvalue weighted by Gasteiger charge is 2.31. The normalized spacial score (nSPS) is 16.2. The topological polar surface area (TPSA) is 74.8 Å². The first kappa shape index (κ1) is 19.6. The number of benzene rings is 1. The van der Waals surface area contributed by atoms with E-state index in [0.717, 1.165) is 12.8 Å². The molecule has 0 aliphatic carbocycles.